The fraction of sp³-hybridized carbons (Fsp3) is 0.500. The summed E-state index contributed by atoms with van der Waals surface area (Å²) in [6, 6.07) is 11.3. The number of nitrogens with zero attached hydrogens (tertiary/aromatic N) is 5. The van der Waals surface area contributed by atoms with E-state index in [0.717, 1.165) is 5.39 Å². The highest BCUT2D eigenvalue weighted by atomic mass is 35.5. The van der Waals surface area contributed by atoms with Gasteiger partial charge in [0.05, 0.1) is 25.4 Å². The summed E-state index contributed by atoms with van der Waals surface area (Å²) in [6.07, 6.45) is -3.91. The minimum absolute atomic E-state index is 0.116. The second-order valence-corrected chi connectivity index (χ2v) is 15.2. The Balaban J connectivity index is 1.44. The highest BCUT2D eigenvalue weighted by Crippen LogP contribution is 2.50. The lowest BCUT2D eigenvalue weighted by molar-refractivity contribution is -0.148. The Morgan fingerprint density at radius 3 is 2.62 bits per heavy atom. The maximum atomic E-state index is 16.0. The Morgan fingerprint density at radius 2 is 1.94 bits per heavy atom. The quantitative estimate of drug-likeness (QED) is 0.111. The average Bonchev–Trinajstić information content (AvgIpc) is 3.56. The predicted molar refractivity (Wildman–Crippen MR) is 180 cm³/mol. The Labute approximate surface area is 283 Å². The number of hydrogen-bond donors (Lipinski definition) is 2. The number of carbonyl (C=O) groups is 1. The number of rotatable bonds is 12. The van der Waals surface area contributed by atoms with Gasteiger partial charge < -0.3 is 24.0 Å². The molecule has 1 aliphatic rings. The molecular formula is C32H41ClFN6O7P. The molecular weight excluding hydrogens is 666 g/mol. The number of aliphatic hydroxyl groups is 1. The van der Waals surface area contributed by atoms with Crippen LogP contribution in [-0.2, 0) is 23.4 Å². The van der Waals surface area contributed by atoms with Crippen molar-refractivity contribution < 1.29 is 37.4 Å². The molecule has 1 saturated heterocycles. The highest BCUT2D eigenvalue weighted by molar-refractivity contribution is 7.52. The van der Waals surface area contributed by atoms with Gasteiger partial charge in [-0.2, -0.15) is 5.09 Å². The van der Waals surface area contributed by atoms with E-state index < -0.39 is 56.3 Å². The smallest absolute Gasteiger partial charge is 0.459 e. The summed E-state index contributed by atoms with van der Waals surface area (Å²) in [5.74, 6) is -0.00681. The number of alkyl halides is 2. The number of fused-ring (bicyclic) bond motifs is 2. The van der Waals surface area contributed by atoms with Crippen LogP contribution >= 0.6 is 19.3 Å². The fourth-order valence-corrected chi connectivity index (χ4v) is 7.06. The monoisotopic (exact) mass is 706 g/mol. The van der Waals surface area contributed by atoms with Crippen molar-refractivity contribution in [2.24, 2.45) is 5.41 Å². The Bertz CT molecular complexity index is 1830. The third-order valence-electron chi connectivity index (χ3n) is 7.71. The summed E-state index contributed by atoms with van der Waals surface area (Å²) in [4.78, 5) is 27.9. The van der Waals surface area contributed by atoms with Crippen LogP contribution in [0.2, 0.25) is 0 Å². The van der Waals surface area contributed by atoms with E-state index in [1.54, 1.807) is 50.2 Å². The summed E-state index contributed by atoms with van der Waals surface area (Å²) < 4.78 is 55.3. The molecule has 2 aromatic heterocycles. The van der Waals surface area contributed by atoms with Gasteiger partial charge in [0, 0.05) is 19.5 Å². The van der Waals surface area contributed by atoms with Crippen LogP contribution in [0.4, 0.5) is 10.2 Å². The zero-order valence-corrected chi connectivity index (χ0v) is 29.5. The van der Waals surface area contributed by atoms with Gasteiger partial charge in [-0.15, -0.1) is 11.6 Å². The first-order valence-electron chi connectivity index (χ1n) is 15.4. The molecule has 0 unspecified atom stereocenters. The summed E-state index contributed by atoms with van der Waals surface area (Å²) >= 11 is 6.36. The summed E-state index contributed by atoms with van der Waals surface area (Å²) in [7, 11) is -0.899. The third-order valence-corrected chi connectivity index (χ3v) is 9.77. The van der Waals surface area contributed by atoms with Crippen LogP contribution in [0.25, 0.3) is 21.9 Å². The van der Waals surface area contributed by atoms with E-state index in [0.29, 0.717) is 22.5 Å². The first-order valence-corrected chi connectivity index (χ1v) is 17.4. The van der Waals surface area contributed by atoms with E-state index in [-0.39, 0.29) is 23.4 Å². The summed E-state index contributed by atoms with van der Waals surface area (Å²) in [5.41, 5.74) is -1.52. The number of aryl methyl sites for hydroxylation is 1. The number of nitrogens with one attached hydrogen (secondary N) is 1. The molecule has 13 nitrogen and oxygen atoms in total. The van der Waals surface area contributed by atoms with E-state index in [9.17, 15) is 14.5 Å². The summed E-state index contributed by atoms with van der Waals surface area (Å²) in [6.45, 7) is 8.29. The number of aliphatic hydroxyl groups excluding tert-OH is 1. The number of ether oxygens (including phenoxy) is 2. The Morgan fingerprint density at radius 1 is 1.23 bits per heavy atom. The van der Waals surface area contributed by atoms with Gasteiger partial charge in [0.1, 0.15) is 29.3 Å². The molecule has 0 radical (unpaired) electrons. The molecule has 3 heterocycles. The zero-order chi connectivity index (χ0) is 35.0. The van der Waals surface area contributed by atoms with Crippen molar-refractivity contribution in [2.45, 2.75) is 64.8 Å². The molecule has 16 heteroatoms. The topological polar surface area (TPSA) is 150 Å². The SMILES string of the molecule is Cc1nc(N(C)C)c2ncn([C@@H]3O[C@](CCl)(CO[P@](=O)(N[C@@H](C)C(=O)OCC(C)(C)C)Oc4cccc5ccccc45)[C@@H](O)[C@@H]3F)c2n1. The number of anilines is 1. The molecule has 1 aliphatic heterocycles. The van der Waals surface area contributed by atoms with E-state index in [1.807, 2.05) is 39.0 Å². The first kappa shape index (κ1) is 35.9. The van der Waals surface area contributed by atoms with Crippen LogP contribution < -0.4 is 14.5 Å². The van der Waals surface area contributed by atoms with Gasteiger partial charge in [-0.3, -0.25) is 13.9 Å². The van der Waals surface area contributed by atoms with Crippen molar-refractivity contribution in [3.63, 3.8) is 0 Å². The van der Waals surface area contributed by atoms with Gasteiger partial charge in [-0.05, 0) is 30.7 Å². The number of carbonyl (C=O) groups excluding carboxylic acids is 1. The van der Waals surface area contributed by atoms with Crippen LogP contribution in [0, 0.1) is 12.3 Å². The number of imidazole rings is 1. The number of hydrogen-bond acceptors (Lipinski definition) is 11. The Kier molecular flexibility index (Phi) is 10.4. The van der Waals surface area contributed by atoms with Crippen molar-refractivity contribution >= 4 is 53.1 Å². The van der Waals surface area contributed by atoms with Crippen LogP contribution in [-0.4, -0.2) is 87.7 Å². The molecule has 48 heavy (non-hydrogen) atoms. The molecule has 0 amide bonds. The minimum Gasteiger partial charge on any atom is -0.464 e. The second kappa shape index (κ2) is 13.9. The van der Waals surface area contributed by atoms with Crippen LogP contribution in [0.3, 0.4) is 0 Å². The molecule has 260 valence electrons. The molecule has 2 N–H and O–H groups in total. The number of aromatic nitrogens is 4. The molecule has 0 spiro atoms. The molecule has 0 aliphatic carbocycles. The first-order chi connectivity index (χ1) is 22.6. The van der Waals surface area contributed by atoms with Crippen molar-refractivity contribution in [2.75, 3.05) is 38.1 Å². The third kappa shape index (κ3) is 7.44. The number of esters is 1. The van der Waals surface area contributed by atoms with Crippen molar-refractivity contribution in [1.29, 1.82) is 0 Å². The fourth-order valence-electron chi connectivity index (χ4n) is 5.20. The molecule has 1 fully saturated rings. The van der Waals surface area contributed by atoms with E-state index in [1.165, 1.54) is 17.8 Å². The number of halogens is 2. The molecule has 4 aromatic rings. The van der Waals surface area contributed by atoms with Gasteiger partial charge in [-0.1, -0.05) is 57.2 Å². The van der Waals surface area contributed by atoms with Gasteiger partial charge >= 0.3 is 13.7 Å². The van der Waals surface area contributed by atoms with Crippen LogP contribution in [0.5, 0.6) is 5.75 Å². The standard InChI is InChI=1S/C32H41ClFN6O7P/c1-19(30(42)44-16-31(3,4)5)38-48(43,47-23-14-10-12-21-11-8-9-13-22(21)23)45-17-32(15-33)26(41)24(34)29(46-32)40-18-35-25-27(39(6)7)36-20(2)37-28(25)40/h8-14,18-19,24,26,29,41H,15-17H2,1-7H3,(H,38,43)/t19-,24-,26-,29+,32+,48+/m0/s1. The minimum atomic E-state index is -4.49. The van der Waals surface area contributed by atoms with Gasteiger partial charge in [0.2, 0.25) is 0 Å². The van der Waals surface area contributed by atoms with E-state index in [2.05, 4.69) is 20.0 Å². The molecule has 2 aromatic carbocycles. The maximum absolute atomic E-state index is 16.0. The van der Waals surface area contributed by atoms with Crippen molar-refractivity contribution in [3.8, 4) is 5.75 Å². The maximum Gasteiger partial charge on any atom is 0.459 e. The van der Waals surface area contributed by atoms with Crippen molar-refractivity contribution in [3.05, 3.63) is 54.6 Å². The van der Waals surface area contributed by atoms with E-state index >= 15 is 4.39 Å². The van der Waals surface area contributed by atoms with Crippen LogP contribution in [0.15, 0.2) is 48.8 Å². The largest absolute Gasteiger partial charge is 0.464 e. The molecule has 0 bridgehead atoms. The Hall–Kier alpha value is -3.39. The average molecular weight is 707 g/mol. The van der Waals surface area contributed by atoms with Gasteiger partial charge in [-0.25, -0.2) is 23.9 Å². The van der Waals surface area contributed by atoms with Gasteiger partial charge in [0.25, 0.3) is 0 Å². The molecule has 6 atom stereocenters. The highest BCUT2D eigenvalue weighted by Gasteiger charge is 2.57. The zero-order valence-electron chi connectivity index (χ0n) is 27.9. The van der Waals surface area contributed by atoms with Crippen molar-refractivity contribution in [1.82, 2.24) is 24.6 Å². The van der Waals surface area contributed by atoms with Crippen LogP contribution in [0.1, 0.15) is 39.7 Å². The molecule has 0 saturated carbocycles. The molecule has 5 rings (SSSR count). The lowest BCUT2D eigenvalue weighted by Crippen LogP contribution is -2.48. The lowest BCUT2D eigenvalue weighted by atomic mass is 9.99. The second-order valence-electron chi connectivity index (χ2n) is 13.3. The summed E-state index contributed by atoms with van der Waals surface area (Å²) in [5, 5.41) is 15.3. The normalized spacial score (nSPS) is 23.2. The lowest BCUT2D eigenvalue weighted by Gasteiger charge is -2.32. The number of benzene rings is 2. The predicted octanol–water partition coefficient (Wildman–Crippen LogP) is 5.33. The van der Waals surface area contributed by atoms with E-state index in [4.69, 9.17) is 30.1 Å². The van der Waals surface area contributed by atoms with Gasteiger partial charge in [0.15, 0.2) is 29.4 Å².